The lowest BCUT2D eigenvalue weighted by atomic mass is 9.87. The van der Waals surface area contributed by atoms with Crippen molar-refractivity contribution >= 4 is 34.4 Å². The van der Waals surface area contributed by atoms with Gasteiger partial charge in [0.15, 0.2) is 12.3 Å². The largest absolute Gasteiger partial charge is 0.333 e. The molecule has 0 saturated heterocycles. The molecule has 0 amide bonds. The van der Waals surface area contributed by atoms with Gasteiger partial charge in [0.2, 0.25) is 0 Å². The normalized spacial score (nSPS) is 18.3. The minimum Gasteiger partial charge on any atom is -0.307 e. The van der Waals surface area contributed by atoms with Gasteiger partial charge in [0, 0.05) is 0 Å². The SMILES string of the molecule is F[C@@H]1[C@@H](F)[C@H](OP(OCc2ccccc2)OCc2ccccc2)[C@@H](OP(OCc2ccccc2)OCc2ccccc2)[C@H](OP(OCc2ccccc2)OCc2ccccc2)[C@H]1OP(OCc1ccccc1)OCc1ccccc1. The minimum absolute atomic E-state index is 0.0160. The second-order valence-corrected chi connectivity index (χ2v) is 22.8. The second kappa shape index (κ2) is 33.1. The van der Waals surface area contributed by atoms with Crippen molar-refractivity contribution in [1.82, 2.24) is 0 Å². The van der Waals surface area contributed by atoms with Gasteiger partial charge in [-0.15, -0.1) is 0 Å². The van der Waals surface area contributed by atoms with Gasteiger partial charge >= 0.3 is 34.4 Å². The molecule has 12 nitrogen and oxygen atoms in total. The van der Waals surface area contributed by atoms with Crippen LogP contribution in [-0.4, -0.2) is 36.8 Å². The van der Waals surface area contributed by atoms with E-state index in [1.807, 2.05) is 243 Å². The highest BCUT2D eigenvalue weighted by molar-refractivity contribution is 7.42. The van der Waals surface area contributed by atoms with Crippen molar-refractivity contribution in [2.75, 3.05) is 0 Å². The topological polar surface area (TPSA) is 111 Å². The van der Waals surface area contributed by atoms with Gasteiger partial charge < -0.3 is 54.3 Å². The molecule has 0 bridgehead atoms. The fourth-order valence-corrected chi connectivity index (χ4v) is 12.5. The summed E-state index contributed by atoms with van der Waals surface area (Å²) in [4.78, 5) is 0. The van der Waals surface area contributed by atoms with Crippen LogP contribution in [0, 0.1) is 0 Å². The van der Waals surface area contributed by atoms with Crippen LogP contribution in [0.5, 0.6) is 0 Å². The van der Waals surface area contributed by atoms with E-state index in [0.29, 0.717) is 0 Å². The summed E-state index contributed by atoms with van der Waals surface area (Å²) < 4.78 is 115. The smallest absolute Gasteiger partial charge is 0.307 e. The first-order valence-electron chi connectivity index (χ1n) is 26.0. The van der Waals surface area contributed by atoms with Crippen LogP contribution in [0.2, 0.25) is 0 Å². The lowest BCUT2D eigenvalue weighted by Crippen LogP contribution is -2.62. The van der Waals surface area contributed by atoms with E-state index in [2.05, 4.69) is 0 Å². The molecule has 0 heterocycles. The molecule has 0 N–H and O–H groups in total. The van der Waals surface area contributed by atoms with Crippen LogP contribution in [0.15, 0.2) is 243 Å². The van der Waals surface area contributed by atoms with Gasteiger partial charge in [-0.25, -0.2) is 8.78 Å². The number of alkyl halides is 2. The molecule has 1 fully saturated rings. The van der Waals surface area contributed by atoms with Crippen molar-refractivity contribution in [2.24, 2.45) is 0 Å². The molecule has 0 aromatic heterocycles. The molecule has 1 aliphatic carbocycles. The maximum Gasteiger partial charge on any atom is 0.333 e. The lowest BCUT2D eigenvalue weighted by molar-refractivity contribution is -0.172. The average molecular weight is 1160 g/mol. The van der Waals surface area contributed by atoms with Crippen LogP contribution in [-0.2, 0) is 107 Å². The Labute approximate surface area is 472 Å². The van der Waals surface area contributed by atoms with Crippen LogP contribution in [0.4, 0.5) is 8.78 Å². The zero-order valence-corrected chi connectivity index (χ0v) is 47.2. The molecule has 416 valence electrons. The van der Waals surface area contributed by atoms with Crippen LogP contribution < -0.4 is 0 Å². The molecule has 0 spiro atoms. The molecular weight excluding hydrogens is 1100 g/mol. The van der Waals surface area contributed by atoms with E-state index in [1.165, 1.54) is 0 Å². The van der Waals surface area contributed by atoms with E-state index >= 15 is 8.78 Å². The maximum atomic E-state index is 18.2. The van der Waals surface area contributed by atoms with Crippen molar-refractivity contribution in [3.8, 4) is 0 Å². The Morgan fingerprint density at radius 2 is 0.350 bits per heavy atom. The summed E-state index contributed by atoms with van der Waals surface area (Å²) in [5, 5.41) is 0. The van der Waals surface area contributed by atoms with Gasteiger partial charge in [0.05, 0.1) is 52.9 Å². The Balaban J connectivity index is 1.13. The minimum atomic E-state index is -2.49. The predicted molar refractivity (Wildman–Crippen MR) is 307 cm³/mol. The maximum absolute atomic E-state index is 18.2. The fourth-order valence-electron chi connectivity index (χ4n) is 7.98. The Bertz CT molecular complexity index is 2540. The van der Waals surface area contributed by atoms with E-state index in [4.69, 9.17) is 54.3 Å². The van der Waals surface area contributed by atoms with E-state index in [-0.39, 0.29) is 52.9 Å². The molecule has 1 saturated carbocycles. The Hall–Kier alpha value is -5.14. The van der Waals surface area contributed by atoms with Crippen LogP contribution in [0.1, 0.15) is 44.5 Å². The third-order valence-corrected chi connectivity index (χ3v) is 16.6. The van der Waals surface area contributed by atoms with E-state index in [0.717, 1.165) is 44.5 Å². The molecule has 0 radical (unpaired) electrons. The summed E-state index contributed by atoms with van der Waals surface area (Å²) in [6.07, 6.45) is -11.9. The van der Waals surface area contributed by atoms with Gasteiger partial charge in [-0.3, -0.25) is 0 Å². The summed E-state index contributed by atoms with van der Waals surface area (Å²) in [5.41, 5.74) is 6.40. The first-order valence-corrected chi connectivity index (χ1v) is 30.4. The Morgan fingerprint density at radius 3 is 0.500 bits per heavy atom. The monoisotopic (exact) mass is 1160 g/mol. The van der Waals surface area contributed by atoms with Gasteiger partial charge in [0.25, 0.3) is 0 Å². The molecular formula is C62H62F2O12P4. The molecule has 8 aromatic carbocycles. The van der Waals surface area contributed by atoms with Gasteiger partial charge in [-0.1, -0.05) is 243 Å². The number of benzene rings is 8. The Morgan fingerprint density at radius 1 is 0.212 bits per heavy atom. The third-order valence-electron chi connectivity index (χ3n) is 12.2. The molecule has 0 unspecified atom stereocenters. The Kier molecular flexibility index (Phi) is 24.6. The highest BCUT2D eigenvalue weighted by Gasteiger charge is 2.59. The van der Waals surface area contributed by atoms with Gasteiger partial charge in [-0.05, 0) is 44.5 Å². The van der Waals surface area contributed by atoms with Gasteiger partial charge in [-0.2, -0.15) is 0 Å². The van der Waals surface area contributed by atoms with Crippen molar-refractivity contribution < 1.29 is 63.1 Å². The highest BCUT2D eigenvalue weighted by atomic mass is 31.2. The summed E-state index contributed by atoms with van der Waals surface area (Å²) in [5.74, 6) is 0. The van der Waals surface area contributed by atoms with Crippen molar-refractivity contribution in [1.29, 1.82) is 0 Å². The van der Waals surface area contributed by atoms with Crippen LogP contribution >= 0.6 is 34.4 Å². The number of hydrogen-bond donors (Lipinski definition) is 0. The fraction of sp³-hybridized carbons (Fsp3) is 0.226. The number of rotatable bonds is 32. The second-order valence-electron chi connectivity index (χ2n) is 18.1. The number of hydrogen-bond acceptors (Lipinski definition) is 12. The van der Waals surface area contributed by atoms with Crippen molar-refractivity contribution in [3.63, 3.8) is 0 Å². The molecule has 8 aromatic rings. The molecule has 9 rings (SSSR count). The molecule has 6 atom stereocenters. The zero-order valence-electron chi connectivity index (χ0n) is 43.7. The molecule has 80 heavy (non-hydrogen) atoms. The average Bonchev–Trinajstić information content (AvgIpc) is 3.54. The standard InChI is InChI=1S/C62H62F2O12P4/c63-57-58(64)60(74-78(67-43-51-29-13-3-14-30-51)68-44-52-31-15-4-16-32-52)62(76-80(71-47-55-37-21-7-22-38-55)72-48-56-39-23-8-24-40-56)61(75-79(69-45-53-33-17-5-18-34-53)70-46-54-35-19-6-20-36-54)59(57)73-77(65-41-49-25-9-1-10-26-49)66-42-50-27-11-2-12-28-50/h1-40,57-62H,41-48H2/t57-,58-,59+,60+,61-,62-/m1/s1. The quantitative estimate of drug-likeness (QED) is 0.0374. The molecule has 18 heteroatoms. The predicted octanol–water partition coefficient (Wildman–Crippen LogP) is 16.9. The molecule has 1 aliphatic rings. The van der Waals surface area contributed by atoms with E-state index < -0.39 is 71.2 Å². The summed E-state index contributed by atoms with van der Waals surface area (Å²) in [7, 11) is -9.90. The van der Waals surface area contributed by atoms with Crippen LogP contribution in [0.25, 0.3) is 0 Å². The summed E-state index contributed by atoms with van der Waals surface area (Å²) >= 11 is 0. The molecule has 0 aliphatic heterocycles. The van der Waals surface area contributed by atoms with Crippen LogP contribution in [0.3, 0.4) is 0 Å². The van der Waals surface area contributed by atoms with Gasteiger partial charge in [0.1, 0.15) is 24.4 Å². The summed E-state index contributed by atoms with van der Waals surface area (Å²) in [6, 6.07) is 75.4. The van der Waals surface area contributed by atoms with E-state index in [1.54, 1.807) is 0 Å². The highest BCUT2D eigenvalue weighted by Crippen LogP contribution is 2.56. The lowest BCUT2D eigenvalue weighted by Gasteiger charge is -2.46. The number of halogens is 2. The zero-order chi connectivity index (χ0) is 54.8. The first-order chi connectivity index (χ1) is 39.5. The van der Waals surface area contributed by atoms with Crippen molar-refractivity contribution in [3.05, 3.63) is 287 Å². The van der Waals surface area contributed by atoms with E-state index in [9.17, 15) is 0 Å². The first kappa shape index (κ1) is 59.5. The summed E-state index contributed by atoms with van der Waals surface area (Å²) in [6.45, 7) is 0.183. The van der Waals surface area contributed by atoms with Crippen molar-refractivity contribution in [2.45, 2.75) is 89.6 Å². The third kappa shape index (κ3) is 19.5.